The van der Waals surface area contributed by atoms with Crippen LogP contribution in [-0.4, -0.2) is 89.5 Å². The number of nitrogens with one attached hydrogen (secondary N) is 2. The van der Waals surface area contributed by atoms with E-state index in [1.165, 1.54) is 25.4 Å². The van der Waals surface area contributed by atoms with Crippen molar-refractivity contribution in [3.63, 3.8) is 0 Å². The number of halogens is 2. The van der Waals surface area contributed by atoms with Gasteiger partial charge in [0.1, 0.15) is 23.2 Å². The van der Waals surface area contributed by atoms with Crippen LogP contribution in [0.1, 0.15) is 99.3 Å². The van der Waals surface area contributed by atoms with Crippen LogP contribution >= 0.6 is 0 Å². The average Bonchev–Trinajstić information content (AvgIpc) is 3.44. The lowest BCUT2D eigenvalue weighted by Gasteiger charge is -2.27. The van der Waals surface area contributed by atoms with Crippen LogP contribution in [0.15, 0.2) is 60.8 Å². The van der Waals surface area contributed by atoms with Gasteiger partial charge in [0.15, 0.2) is 0 Å². The molecule has 0 bridgehead atoms. The molecule has 3 aromatic rings. The van der Waals surface area contributed by atoms with Crippen LogP contribution in [0.3, 0.4) is 0 Å². The fraction of sp³-hybridized carbons (Fsp3) is 0.405. The molecule has 2 aliphatic heterocycles. The first-order chi connectivity index (χ1) is 27.3. The predicted molar refractivity (Wildman–Crippen MR) is 204 cm³/mol. The zero-order chi connectivity index (χ0) is 40.7. The number of rotatable bonds is 15. The lowest BCUT2D eigenvalue weighted by molar-refractivity contribution is -0.136. The Balaban J connectivity index is 0.928. The zero-order valence-corrected chi connectivity index (χ0v) is 31.9. The summed E-state index contributed by atoms with van der Waals surface area (Å²) in [5, 5.41) is 5.05. The Morgan fingerprint density at radius 1 is 1.00 bits per heavy atom. The summed E-state index contributed by atoms with van der Waals surface area (Å²) < 4.78 is 38.3. The molecule has 6 rings (SSSR count). The average molecular weight is 786 g/mol. The smallest absolute Gasteiger partial charge is 0.270 e. The van der Waals surface area contributed by atoms with Gasteiger partial charge in [-0.05, 0) is 73.4 Å². The number of fused-ring (bicyclic) bond motifs is 1. The molecule has 0 spiro atoms. The third-order valence-corrected chi connectivity index (χ3v) is 10.5. The standard InChI is InChI=1S/C42H45F2N5O8/c1-48(18-3-4-19-57-30-10-11-31-32(23-30)41(55)49(40(31)54)34-12-13-36(50)47-39(34)53)37(51)21-27-6-5-7-28(20-27)24-46-38(52)33-22-29(35(56-2)25-45-33)9-8-26-14-16-42(43,44)17-15-26/h5-11,20,22-23,25-26,34H,3-4,12-19,21,24H2,1-2H3,(H,46,52)(H,47,50,53). The summed E-state index contributed by atoms with van der Waals surface area (Å²) in [7, 11) is 3.22. The highest BCUT2D eigenvalue weighted by Crippen LogP contribution is 2.37. The van der Waals surface area contributed by atoms with Crippen molar-refractivity contribution in [2.75, 3.05) is 27.3 Å². The maximum atomic E-state index is 13.6. The van der Waals surface area contributed by atoms with E-state index in [9.17, 15) is 37.5 Å². The van der Waals surface area contributed by atoms with Gasteiger partial charge >= 0.3 is 0 Å². The number of hydrogen-bond donors (Lipinski definition) is 2. The summed E-state index contributed by atoms with van der Waals surface area (Å²) in [6.45, 7) is 0.999. The van der Waals surface area contributed by atoms with E-state index in [-0.39, 0.29) is 67.3 Å². The van der Waals surface area contributed by atoms with E-state index in [0.717, 1.165) is 16.0 Å². The number of allylic oxidation sites excluding steroid dienone is 1. The van der Waals surface area contributed by atoms with Crippen LogP contribution in [0.5, 0.6) is 11.5 Å². The summed E-state index contributed by atoms with van der Waals surface area (Å²) >= 11 is 0. The highest BCUT2D eigenvalue weighted by molar-refractivity contribution is 6.23. The van der Waals surface area contributed by atoms with Crippen molar-refractivity contribution >= 4 is 41.5 Å². The molecule has 2 fully saturated rings. The molecule has 1 atom stereocenters. The van der Waals surface area contributed by atoms with Crippen LogP contribution in [0.25, 0.3) is 6.08 Å². The van der Waals surface area contributed by atoms with Crippen molar-refractivity contribution < 1.29 is 47.0 Å². The summed E-state index contributed by atoms with van der Waals surface area (Å²) in [5.74, 6) is -4.49. The summed E-state index contributed by atoms with van der Waals surface area (Å²) in [6, 6.07) is 12.5. The molecule has 15 heteroatoms. The number of aromatic nitrogens is 1. The molecule has 0 radical (unpaired) electrons. The molecule has 1 aromatic heterocycles. The molecule has 2 aromatic carbocycles. The van der Waals surface area contributed by atoms with Crippen molar-refractivity contribution in [3.05, 3.63) is 94.3 Å². The topological polar surface area (TPSA) is 164 Å². The quantitative estimate of drug-likeness (QED) is 0.157. The van der Waals surface area contributed by atoms with E-state index in [1.807, 2.05) is 30.3 Å². The molecule has 3 aliphatic rings. The van der Waals surface area contributed by atoms with Gasteiger partial charge < -0.3 is 19.7 Å². The highest BCUT2D eigenvalue weighted by atomic mass is 19.3. The van der Waals surface area contributed by atoms with Gasteiger partial charge in [0.25, 0.3) is 17.7 Å². The molecule has 1 saturated carbocycles. The third-order valence-electron chi connectivity index (χ3n) is 10.5. The molecule has 13 nitrogen and oxygen atoms in total. The number of carbonyl (C=O) groups is 6. The molecular formula is C42H45F2N5O8. The van der Waals surface area contributed by atoms with E-state index in [2.05, 4.69) is 15.6 Å². The molecular weight excluding hydrogens is 740 g/mol. The monoisotopic (exact) mass is 785 g/mol. The van der Waals surface area contributed by atoms with Crippen LogP contribution in [0, 0.1) is 5.92 Å². The highest BCUT2D eigenvalue weighted by Gasteiger charge is 2.44. The number of carbonyl (C=O) groups excluding carboxylic acids is 6. The Hall–Kier alpha value is -5.99. The van der Waals surface area contributed by atoms with Gasteiger partial charge in [-0.1, -0.05) is 36.4 Å². The van der Waals surface area contributed by atoms with Gasteiger partial charge in [-0.2, -0.15) is 0 Å². The van der Waals surface area contributed by atoms with Crippen LogP contribution in [-0.2, 0) is 27.3 Å². The number of amides is 6. The maximum Gasteiger partial charge on any atom is 0.270 e. The number of methoxy groups -OCH3 is 1. The Morgan fingerprint density at radius 3 is 2.51 bits per heavy atom. The van der Waals surface area contributed by atoms with Crippen LogP contribution in [0.4, 0.5) is 8.78 Å². The van der Waals surface area contributed by atoms with Crippen molar-refractivity contribution in [2.45, 2.75) is 76.3 Å². The minimum atomic E-state index is -2.60. The Labute approximate surface area is 328 Å². The Kier molecular flexibility index (Phi) is 12.7. The lowest BCUT2D eigenvalue weighted by atomic mass is 9.86. The van der Waals surface area contributed by atoms with E-state index in [1.54, 1.807) is 30.2 Å². The van der Waals surface area contributed by atoms with E-state index in [0.29, 0.717) is 55.9 Å². The minimum Gasteiger partial charge on any atom is -0.495 e. The summed E-state index contributed by atoms with van der Waals surface area (Å²) in [5.41, 5.74) is 2.72. The van der Waals surface area contributed by atoms with Gasteiger partial charge in [0.05, 0.1) is 37.5 Å². The molecule has 6 amide bonds. The van der Waals surface area contributed by atoms with Gasteiger partial charge in [-0.15, -0.1) is 0 Å². The number of ether oxygens (including phenoxy) is 2. The van der Waals surface area contributed by atoms with Gasteiger partial charge in [-0.3, -0.25) is 39.0 Å². The second-order valence-electron chi connectivity index (χ2n) is 14.6. The summed E-state index contributed by atoms with van der Waals surface area (Å²) in [6.07, 6.45) is 7.21. The van der Waals surface area contributed by atoms with E-state index >= 15 is 0 Å². The first kappa shape index (κ1) is 40.7. The zero-order valence-electron chi connectivity index (χ0n) is 31.9. The molecule has 2 N–H and O–H groups in total. The summed E-state index contributed by atoms with van der Waals surface area (Å²) in [4.78, 5) is 82.7. The fourth-order valence-corrected chi connectivity index (χ4v) is 7.12. The molecule has 1 saturated heterocycles. The van der Waals surface area contributed by atoms with E-state index < -0.39 is 41.5 Å². The second-order valence-corrected chi connectivity index (χ2v) is 14.6. The number of likely N-dealkylation sites (N-methyl/N-ethyl adjacent to an activating group) is 1. The molecule has 300 valence electrons. The number of piperidine rings is 1. The van der Waals surface area contributed by atoms with Crippen molar-refractivity contribution in [3.8, 4) is 11.5 Å². The van der Waals surface area contributed by atoms with Crippen molar-refractivity contribution in [1.82, 2.24) is 25.4 Å². The molecule has 57 heavy (non-hydrogen) atoms. The maximum absolute atomic E-state index is 13.6. The van der Waals surface area contributed by atoms with Crippen LogP contribution in [0.2, 0.25) is 0 Å². The van der Waals surface area contributed by atoms with E-state index in [4.69, 9.17) is 9.47 Å². The number of nitrogens with zero attached hydrogens (tertiary/aromatic N) is 3. The molecule has 1 aliphatic carbocycles. The number of alkyl halides is 2. The lowest BCUT2D eigenvalue weighted by Crippen LogP contribution is -2.54. The number of unbranched alkanes of at least 4 members (excludes halogenated alkanes) is 1. The Morgan fingerprint density at radius 2 is 1.75 bits per heavy atom. The second kappa shape index (κ2) is 17.9. The third kappa shape index (κ3) is 10.1. The van der Waals surface area contributed by atoms with Gasteiger partial charge in [0.2, 0.25) is 23.6 Å². The molecule has 3 heterocycles. The van der Waals surface area contributed by atoms with Gasteiger partial charge in [-0.25, -0.2) is 13.8 Å². The number of benzene rings is 2. The fourth-order valence-electron chi connectivity index (χ4n) is 7.12. The normalized spacial score (nSPS) is 18.0. The number of hydrogen-bond acceptors (Lipinski definition) is 9. The predicted octanol–water partition coefficient (Wildman–Crippen LogP) is 5.12. The molecule has 1 unspecified atom stereocenters. The van der Waals surface area contributed by atoms with Crippen molar-refractivity contribution in [1.29, 1.82) is 0 Å². The first-order valence-electron chi connectivity index (χ1n) is 19.0. The Bertz CT molecular complexity index is 2080. The van der Waals surface area contributed by atoms with Crippen molar-refractivity contribution in [2.24, 2.45) is 5.92 Å². The number of imide groups is 2. The number of pyridine rings is 1. The first-order valence-corrected chi connectivity index (χ1v) is 19.0. The minimum absolute atomic E-state index is 0.0238. The van der Waals surface area contributed by atoms with Gasteiger partial charge in [0, 0.05) is 45.0 Å². The SMILES string of the molecule is COc1cnc(C(=O)NCc2cccc(CC(=O)N(C)CCCCOc3ccc4c(c3)C(=O)N(C3CCC(=O)NC3=O)C4=O)c2)cc1C=CC1CCC(F)(F)CC1. The van der Waals surface area contributed by atoms with Crippen LogP contribution < -0.4 is 20.1 Å². The largest absolute Gasteiger partial charge is 0.495 e.